The van der Waals surface area contributed by atoms with Crippen molar-refractivity contribution in [1.29, 1.82) is 0 Å². The predicted molar refractivity (Wildman–Crippen MR) is 125 cm³/mol. The Morgan fingerprint density at radius 3 is 2.76 bits per heavy atom. The molecule has 10 heteroatoms. The minimum Gasteiger partial charge on any atom is -0.481 e. The van der Waals surface area contributed by atoms with E-state index < -0.39 is 12.1 Å². The Bertz CT molecular complexity index is 1160. The van der Waals surface area contributed by atoms with Crippen LogP contribution < -0.4 is 26.6 Å². The monoisotopic (exact) mass is 457 g/mol. The third-order valence-electron chi connectivity index (χ3n) is 5.57. The number of aryl methyl sites for hydroxylation is 1. The number of aromatic nitrogens is 2. The lowest BCUT2D eigenvalue weighted by atomic mass is 10.0. The number of H-pyrrole nitrogens is 1. The number of fused-ring (bicyclic) bond motifs is 2. The number of nitrogens with zero attached hydrogens (tertiary/aromatic N) is 3. The van der Waals surface area contributed by atoms with Gasteiger partial charge >= 0.3 is 5.97 Å². The maximum Gasteiger partial charge on any atom is 0.303 e. The topological polar surface area (TPSA) is 151 Å². The van der Waals surface area contributed by atoms with Crippen LogP contribution in [0.3, 0.4) is 0 Å². The second-order valence-electron chi connectivity index (χ2n) is 8.24. The highest BCUT2D eigenvalue weighted by Crippen LogP contribution is 2.37. The molecule has 2 heterocycles. The Morgan fingerprint density at radius 2 is 2.03 bits per heavy atom. The number of carboxylic acid groups (broad SMARTS) is 1. The van der Waals surface area contributed by atoms with Crippen molar-refractivity contribution in [2.24, 2.45) is 4.99 Å². The van der Waals surface area contributed by atoms with Gasteiger partial charge in [0.1, 0.15) is 5.48 Å². The molecule has 0 radical (unpaired) electrons. The number of benzene rings is 1. The number of hydrogen-bond donors (Lipinski definition) is 5. The molecule has 0 spiro atoms. The molecule has 178 valence electrons. The van der Waals surface area contributed by atoms with Crippen molar-refractivity contribution in [2.45, 2.75) is 51.7 Å². The third kappa shape index (κ3) is 6.25. The SMILES string of the molecule is C=c1nc2c(c(=O)[nH]1)=Nc1cc(C)c(CNCC(O)CO)cc1N2CCCCCCC(=O)O. The first kappa shape index (κ1) is 24.6. The molecule has 0 fully saturated rings. The third-order valence-corrected chi connectivity index (χ3v) is 5.57. The lowest BCUT2D eigenvalue weighted by molar-refractivity contribution is -0.137. The highest BCUT2D eigenvalue weighted by Gasteiger charge is 2.23. The van der Waals surface area contributed by atoms with Gasteiger partial charge < -0.3 is 30.5 Å². The minimum absolute atomic E-state index is 0.163. The van der Waals surface area contributed by atoms with E-state index in [1.54, 1.807) is 0 Å². The van der Waals surface area contributed by atoms with Crippen LogP contribution in [0, 0.1) is 6.92 Å². The molecular weight excluding hydrogens is 426 g/mol. The van der Waals surface area contributed by atoms with E-state index in [2.05, 4.69) is 26.9 Å². The van der Waals surface area contributed by atoms with Crippen LogP contribution in [0.2, 0.25) is 0 Å². The fourth-order valence-electron chi connectivity index (χ4n) is 3.81. The van der Waals surface area contributed by atoms with Gasteiger partial charge in [0, 0.05) is 26.1 Å². The van der Waals surface area contributed by atoms with Crippen LogP contribution in [-0.2, 0) is 11.3 Å². The first-order valence-electron chi connectivity index (χ1n) is 11.1. The van der Waals surface area contributed by atoms with Gasteiger partial charge in [-0.25, -0.2) is 9.98 Å². The number of nitrogens with one attached hydrogen (secondary N) is 2. The van der Waals surface area contributed by atoms with Gasteiger partial charge in [-0.1, -0.05) is 19.4 Å². The molecule has 33 heavy (non-hydrogen) atoms. The van der Waals surface area contributed by atoms with Gasteiger partial charge in [-0.3, -0.25) is 9.59 Å². The number of carbonyl (C=O) groups is 1. The van der Waals surface area contributed by atoms with Crippen molar-refractivity contribution >= 4 is 29.7 Å². The molecule has 0 bridgehead atoms. The van der Waals surface area contributed by atoms with Crippen molar-refractivity contribution in [3.63, 3.8) is 0 Å². The largest absolute Gasteiger partial charge is 0.481 e. The summed E-state index contributed by atoms with van der Waals surface area (Å²) in [6, 6.07) is 3.93. The lowest BCUT2D eigenvalue weighted by Gasteiger charge is -2.29. The Kier molecular flexibility index (Phi) is 8.32. The molecule has 0 amide bonds. The van der Waals surface area contributed by atoms with Crippen molar-refractivity contribution in [3.8, 4) is 0 Å². The molecule has 1 atom stereocenters. The molecule has 0 saturated carbocycles. The summed E-state index contributed by atoms with van der Waals surface area (Å²) in [4.78, 5) is 36.9. The first-order chi connectivity index (χ1) is 15.8. The van der Waals surface area contributed by atoms with Crippen LogP contribution in [0.25, 0.3) is 6.58 Å². The molecule has 2 aromatic rings. The normalized spacial score (nSPS) is 13.2. The Balaban J connectivity index is 1.87. The van der Waals surface area contributed by atoms with Gasteiger partial charge in [0.15, 0.2) is 11.2 Å². The maximum absolute atomic E-state index is 12.5. The number of carboxylic acids is 1. The van der Waals surface area contributed by atoms with E-state index in [1.807, 2.05) is 24.0 Å². The maximum atomic E-state index is 12.5. The molecule has 1 aromatic heterocycles. The number of hydrogen-bond acceptors (Lipinski definition) is 8. The average Bonchev–Trinajstić information content (AvgIpc) is 2.76. The highest BCUT2D eigenvalue weighted by atomic mass is 16.4. The molecule has 0 aliphatic carbocycles. The molecule has 0 saturated heterocycles. The van der Waals surface area contributed by atoms with Crippen molar-refractivity contribution in [2.75, 3.05) is 24.6 Å². The number of aliphatic carboxylic acids is 1. The fourth-order valence-corrected chi connectivity index (χ4v) is 3.81. The van der Waals surface area contributed by atoms with Gasteiger partial charge in [0.05, 0.1) is 24.1 Å². The molecular formula is C23H31N5O5. The molecule has 3 rings (SSSR count). The van der Waals surface area contributed by atoms with Gasteiger partial charge in [0.25, 0.3) is 5.56 Å². The van der Waals surface area contributed by atoms with E-state index >= 15 is 0 Å². The van der Waals surface area contributed by atoms with E-state index in [1.165, 1.54) is 0 Å². The van der Waals surface area contributed by atoms with E-state index in [9.17, 15) is 14.7 Å². The van der Waals surface area contributed by atoms with Crippen LogP contribution in [0.4, 0.5) is 17.2 Å². The van der Waals surface area contributed by atoms with Crippen molar-refractivity contribution in [1.82, 2.24) is 15.3 Å². The number of anilines is 2. The molecule has 5 N–H and O–H groups in total. The van der Waals surface area contributed by atoms with Gasteiger partial charge in [-0.05, 0) is 43.0 Å². The summed E-state index contributed by atoms with van der Waals surface area (Å²) in [6.45, 7) is 6.78. The summed E-state index contributed by atoms with van der Waals surface area (Å²) in [5, 5.41) is 30.8. The quantitative estimate of drug-likeness (QED) is 0.287. The second-order valence-corrected chi connectivity index (χ2v) is 8.24. The van der Waals surface area contributed by atoms with Gasteiger partial charge in [0.2, 0.25) is 0 Å². The number of aliphatic hydroxyl groups is 2. The summed E-state index contributed by atoms with van der Waals surface area (Å²) in [5.41, 5.74) is 3.41. The highest BCUT2D eigenvalue weighted by molar-refractivity contribution is 5.77. The number of rotatable bonds is 12. The molecule has 1 aromatic carbocycles. The second kappa shape index (κ2) is 11.2. The minimum atomic E-state index is -0.825. The van der Waals surface area contributed by atoms with Crippen LogP contribution >= 0.6 is 0 Å². The van der Waals surface area contributed by atoms with Gasteiger partial charge in [-0.15, -0.1) is 0 Å². The Hall–Kier alpha value is -3.08. The van der Waals surface area contributed by atoms with E-state index in [0.717, 1.165) is 36.1 Å². The number of aromatic amines is 1. The fraction of sp³-hybridized carbons (Fsp3) is 0.478. The predicted octanol–water partition coefficient (Wildman–Crippen LogP) is 0.369. The van der Waals surface area contributed by atoms with Crippen LogP contribution in [0.1, 0.15) is 43.2 Å². The smallest absolute Gasteiger partial charge is 0.303 e. The Labute approximate surface area is 191 Å². The summed E-state index contributed by atoms with van der Waals surface area (Å²) in [5.74, 6) is -0.329. The summed E-state index contributed by atoms with van der Waals surface area (Å²) < 4.78 is 0. The standard InChI is InChI=1S/C23H31N5O5/c1-14-9-18-19(10-16(14)11-24-12-17(30)13-29)28(8-6-4-3-5-7-20(31)32)22-21(27-18)23(33)26-15(2)25-22/h9-10,17,24,29-30H,2-8,11-13H2,1H3,(H,26,33)(H,31,32). The zero-order valence-electron chi connectivity index (χ0n) is 18.8. The van der Waals surface area contributed by atoms with Gasteiger partial charge in [-0.2, -0.15) is 0 Å². The van der Waals surface area contributed by atoms with Crippen molar-refractivity contribution in [3.05, 3.63) is 44.5 Å². The summed E-state index contributed by atoms with van der Waals surface area (Å²) in [6.07, 6.45) is 2.43. The molecule has 1 unspecified atom stereocenters. The summed E-state index contributed by atoms with van der Waals surface area (Å²) in [7, 11) is 0. The number of aliphatic hydroxyl groups excluding tert-OH is 2. The zero-order chi connectivity index (χ0) is 24.0. The van der Waals surface area contributed by atoms with Crippen LogP contribution in [0.15, 0.2) is 21.9 Å². The first-order valence-corrected chi connectivity index (χ1v) is 11.1. The Morgan fingerprint density at radius 1 is 1.27 bits per heavy atom. The molecule has 1 aliphatic heterocycles. The molecule has 10 nitrogen and oxygen atoms in total. The molecule has 1 aliphatic rings. The summed E-state index contributed by atoms with van der Waals surface area (Å²) >= 11 is 0. The van der Waals surface area contributed by atoms with E-state index in [0.29, 0.717) is 31.0 Å². The van der Waals surface area contributed by atoms with E-state index in [-0.39, 0.29) is 36.0 Å². The van der Waals surface area contributed by atoms with Crippen molar-refractivity contribution < 1.29 is 20.1 Å². The van der Waals surface area contributed by atoms with E-state index in [4.69, 9.17) is 10.2 Å². The zero-order valence-corrected chi connectivity index (χ0v) is 18.8. The number of unbranched alkanes of at least 4 members (excludes halogenated alkanes) is 3. The van der Waals surface area contributed by atoms with Crippen LogP contribution in [-0.4, -0.2) is 57.1 Å². The lowest BCUT2D eigenvalue weighted by Crippen LogP contribution is -2.42. The average molecular weight is 458 g/mol. The van der Waals surface area contributed by atoms with Crippen LogP contribution in [0.5, 0.6) is 0 Å².